The summed E-state index contributed by atoms with van der Waals surface area (Å²) in [4.78, 5) is 54.2. The van der Waals surface area contributed by atoms with Gasteiger partial charge in [-0.3, -0.25) is 19.3 Å². The van der Waals surface area contributed by atoms with Crippen LogP contribution in [0.15, 0.2) is 34.5 Å². The van der Waals surface area contributed by atoms with Crippen LogP contribution in [0.1, 0.15) is 19.5 Å². The number of hydrogen-bond donors (Lipinski definition) is 3. The lowest BCUT2D eigenvalue weighted by Crippen LogP contribution is -2.71. The predicted molar refractivity (Wildman–Crippen MR) is 114 cm³/mol. The molecule has 3 atom stereocenters. The number of carbonyl (C=O) groups excluding carboxylic acids is 4. The van der Waals surface area contributed by atoms with Gasteiger partial charge in [0.05, 0.1) is 0 Å². The van der Waals surface area contributed by atoms with Gasteiger partial charge in [0.2, 0.25) is 6.29 Å². The normalized spacial score (nSPS) is 21.2. The number of nitrogen functional groups attached to an aromatic ring is 1. The molecule has 3 heterocycles. The molecule has 2 unspecified atom stereocenters. The van der Waals surface area contributed by atoms with E-state index in [-0.39, 0.29) is 16.5 Å². The molecule has 2 aliphatic heterocycles. The fourth-order valence-corrected chi connectivity index (χ4v) is 4.96. The average molecular weight is 482 g/mol. The van der Waals surface area contributed by atoms with Crippen molar-refractivity contribution < 1.29 is 33.9 Å². The van der Waals surface area contributed by atoms with Gasteiger partial charge in [0.15, 0.2) is 10.8 Å². The number of nitrogens with one attached hydrogen (secondary N) is 1. The molecule has 1 aromatic heterocycles. The summed E-state index contributed by atoms with van der Waals surface area (Å²) in [5.41, 5.74) is 5.62. The average Bonchev–Trinajstić information content (AvgIpc) is 3.16. The Bertz CT molecular complexity index is 1050. The third-order valence-electron chi connectivity index (χ3n) is 4.41. The molecule has 32 heavy (non-hydrogen) atoms. The molecule has 1 aromatic rings. The minimum atomic E-state index is -1.16. The first-order chi connectivity index (χ1) is 15.2. The number of allylic oxidation sites excluding steroid dienone is 1. The highest BCUT2D eigenvalue weighted by atomic mass is 32.2. The molecular weight excluding hydrogens is 462 g/mol. The van der Waals surface area contributed by atoms with Gasteiger partial charge in [-0.2, -0.15) is 0 Å². The number of aromatic nitrogens is 1. The molecule has 2 aliphatic rings. The van der Waals surface area contributed by atoms with E-state index >= 15 is 0 Å². The first-order valence-electron chi connectivity index (χ1n) is 9.10. The van der Waals surface area contributed by atoms with Crippen LogP contribution in [-0.4, -0.2) is 68.0 Å². The topological polar surface area (TPSA) is 174 Å². The zero-order valence-electron chi connectivity index (χ0n) is 16.9. The number of nitrogens with two attached hydrogens (primary N) is 1. The van der Waals surface area contributed by atoms with Crippen LogP contribution in [-0.2, 0) is 28.7 Å². The van der Waals surface area contributed by atoms with Crippen molar-refractivity contribution in [2.45, 2.75) is 31.6 Å². The number of oxime groups is 1. The van der Waals surface area contributed by atoms with Crippen molar-refractivity contribution in [1.82, 2.24) is 15.2 Å². The number of hydrogen-bond acceptors (Lipinski definition) is 12. The molecule has 0 aromatic carbocycles. The zero-order valence-corrected chi connectivity index (χ0v) is 18.6. The number of nitrogens with zero attached hydrogens (tertiary/aromatic N) is 3. The molecule has 2 amide bonds. The number of ether oxygens (including phenoxy) is 2. The first-order valence-corrected chi connectivity index (χ1v) is 11.0. The Morgan fingerprint density at radius 1 is 1.47 bits per heavy atom. The second-order valence-corrected chi connectivity index (χ2v) is 8.54. The van der Waals surface area contributed by atoms with Gasteiger partial charge in [0.1, 0.15) is 22.8 Å². The number of β-lactam (4-membered cyclic amide) rings is 1. The minimum Gasteiger partial charge on any atom is -0.426 e. The van der Waals surface area contributed by atoms with E-state index in [0.29, 0.717) is 11.3 Å². The standard InChI is InChI=1S/C18H19N5O7S2/c1-4-9-5-31-16-12(21-14(25)11(22-28)10-6-32-18(19)20-10)15(26)23(16)13(9)17(27)30-8(3)29-7(2)24/h4,6,8,12,16,28H,1,5H2,2-3H3,(H2,19,20)(H,21,25)/b22-11-/t8?,12?,16-/m1/s1. The molecule has 3 rings (SSSR count). The van der Waals surface area contributed by atoms with E-state index in [2.05, 4.69) is 22.0 Å². The molecule has 0 spiro atoms. The van der Waals surface area contributed by atoms with Crippen LogP contribution in [0.4, 0.5) is 5.13 Å². The largest absolute Gasteiger partial charge is 0.426 e. The van der Waals surface area contributed by atoms with Crippen molar-refractivity contribution in [3.63, 3.8) is 0 Å². The van der Waals surface area contributed by atoms with Crippen molar-refractivity contribution in [1.29, 1.82) is 0 Å². The van der Waals surface area contributed by atoms with Crippen LogP contribution < -0.4 is 11.1 Å². The molecule has 0 bridgehead atoms. The summed E-state index contributed by atoms with van der Waals surface area (Å²) in [6.07, 6.45) is 0.269. The summed E-state index contributed by atoms with van der Waals surface area (Å²) in [5.74, 6) is -2.58. The zero-order chi connectivity index (χ0) is 23.6. The number of thiazole rings is 1. The van der Waals surface area contributed by atoms with Crippen molar-refractivity contribution >= 4 is 57.7 Å². The number of amides is 2. The van der Waals surface area contributed by atoms with E-state index in [0.717, 1.165) is 11.3 Å². The Labute approximate surface area is 190 Å². The SMILES string of the molecule is C=CC1=C(C(=O)OC(C)OC(C)=O)N2C(=O)C(NC(=O)/C(=N\O)c3csc(N)n3)[C@H]2SC1. The smallest absolute Gasteiger partial charge is 0.358 e. The van der Waals surface area contributed by atoms with Crippen LogP contribution in [0.2, 0.25) is 0 Å². The van der Waals surface area contributed by atoms with Gasteiger partial charge in [0, 0.05) is 25.0 Å². The summed E-state index contributed by atoms with van der Waals surface area (Å²) in [6.45, 7) is 6.19. The fourth-order valence-electron chi connectivity index (χ4n) is 3.07. The number of thioether (sulfide) groups is 1. The van der Waals surface area contributed by atoms with E-state index in [4.69, 9.17) is 15.2 Å². The van der Waals surface area contributed by atoms with Gasteiger partial charge >= 0.3 is 11.9 Å². The number of carbonyl (C=O) groups is 4. The maximum absolute atomic E-state index is 12.8. The summed E-state index contributed by atoms with van der Waals surface area (Å²) in [7, 11) is 0. The van der Waals surface area contributed by atoms with E-state index < -0.39 is 47.2 Å². The third kappa shape index (κ3) is 4.45. The van der Waals surface area contributed by atoms with Gasteiger partial charge in [-0.25, -0.2) is 9.78 Å². The van der Waals surface area contributed by atoms with Crippen LogP contribution in [0.5, 0.6) is 0 Å². The molecule has 1 fully saturated rings. The fraction of sp³-hybridized carbons (Fsp3) is 0.333. The molecule has 0 radical (unpaired) electrons. The number of anilines is 1. The first kappa shape index (κ1) is 23.3. The molecule has 0 saturated carbocycles. The Morgan fingerprint density at radius 3 is 2.75 bits per heavy atom. The van der Waals surface area contributed by atoms with Crippen LogP contribution >= 0.6 is 23.1 Å². The van der Waals surface area contributed by atoms with Crippen molar-refractivity contribution in [2.24, 2.45) is 5.16 Å². The van der Waals surface area contributed by atoms with Gasteiger partial charge in [0.25, 0.3) is 11.8 Å². The number of rotatable bonds is 7. The lowest BCUT2D eigenvalue weighted by molar-refractivity contribution is -0.182. The van der Waals surface area contributed by atoms with Crippen molar-refractivity contribution in [3.05, 3.63) is 35.0 Å². The highest BCUT2D eigenvalue weighted by Gasteiger charge is 2.54. The molecular formula is C18H19N5O7S2. The Hall–Kier alpha value is -3.39. The minimum absolute atomic E-state index is 0.0402. The highest BCUT2D eigenvalue weighted by Crippen LogP contribution is 2.41. The summed E-state index contributed by atoms with van der Waals surface area (Å²) in [6, 6.07) is -0.986. The van der Waals surface area contributed by atoms with E-state index in [1.165, 1.54) is 42.0 Å². The van der Waals surface area contributed by atoms with Gasteiger partial charge in [-0.15, -0.1) is 23.1 Å². The molecule has 1 saturated heterocycles. The summed E-state index contributed by atoms with van der Waals surface area (Å²) < 4.78 is 9.91. The van der Waals surface area contributed by atoms with E-state index in [1.807, 2.05) is 0 Å². The number of esters is 2. The predicted octanol–water partition coefficient (Wildman–Crippen LogP) is 0.196. The maximum Gasteiger partial charge on any atom is 0.358 e. The highest BCUT2D eigenvalue weighted by molar-refractivity contribution is 8.00. The second-order valence-electron chi connectivity index (χ2n) is 6.54. The van der Waals surface area contributed by atoms with Crippen molar-refractivity contribution in [3.8, 4) is 0 Å². The second kappa shape index (κ2) is 9.40. The van der Waals surface area contributed by atoms with E-state index in [9.17, 15) is 24.4 Å². The van der Waals surface area contributed by atoms with Crippen LogP contribution in [0.25, 0.3) is 0 Å². The Morgan fingerprint density at radius 2 is 2.19 bits per heavy atom. The Balaban J connectivity index is 1.75. The molecule has 0 aliphatic carbocycles. The van der Waals surface area contributed by atoms with Crippen LogP contribution in [0.3, 0.4) is 0 Å². The van der Waals surface area contributed by atoms with Gasteiger partial charge in [-0.1, -0.05) is 17.8 Å². The lowest BCUT2D eigenvalue weighted by atomic mass is 10.0. The molecule has 170 valence electrons. The molecule has 4 N–H and O–H groups in total. The van der Waals surface area contributed by atoms with E-state index in [1.54, 1.807) is 0 Å². The van der Waals surface area contributed by atoms with Gasteiger partial charge < -0.3 is 25.7 Å². The number of fused-ring (bicyclic) bond motifs is 1. The lowest BCUT2D eigenvalue weighted by Gasteiger charge is -2.49. The molecule has 14 heteroatoms. The monoisotopic (exact) mass is 481 g/mol. The van der Waals surface area contributed by atoms with Crippen molar-refractivity contribution in [2.75, 3.05) is 11.5 Å². The van der Waals surface area contributed by atoms with Gasteiger partial charge in [-0.05, 0) is 5.57 Å². The molecule has 12 nitrogen and oxygen atoms in total. The Kier molecular flexibility index (Phi) is 6.84. The van der Waals surface area contributed by atoms with Crippen LogP contribution in [0, 0.1) is 0 Å². The quantitative estimate of drug-likeness (QED) is 0.122. The summed E-state index contributed by atoms with van der Waals surface area (Å²) in [5, 5.41) is 15.7. The maximum atomic E-state index is 12.8. The summed E-state index contributed by atoms with van der Waals surface area (Å²) >= 11 is 2.36. The third-order valence-corrected chi connectivity index (χ3v) is 6.38.